The number of piperidine rings is 1. The second-order valence-corrected chi connectivity index (χ2v) is 7.22. The van der Waals surface area contributed by atoms with Crippen molar-refractivity contribution < 1.29 is 9.18 Å². The summed E-state index contributed by atoms with van der Waals surface area (Å²) in [5, 5.41) is 2.89. The minimum atomic E-state index is -0.281. The molecule has 28 heavy (non-hydrogen) atoms. The zero-order valence-electron chi connectivity index (χ0n) is 16.1. The number of amides is 1. The predicted molar refractivity (Wildman–Crippen MR) is 109 cm³/mol. The number of anilines is 1. The van der Waals surface area contributed by atoms with Crippen LogP contribution in [0.15, 0.2) is 48.5 Å². The lowest BCUT2D eigenvalue weighted by molar-refractivity contribution is -0.125. The number of carbonyl (C=O) groups excluding carboxylic acids is 1. The van der Waals surface area contributed by atoms with Crippen molar-refractivity contribution in [1.82, 2.24) is 14.9 Å². The van der Waals surface area contributed by atoms with E-state index in [-0.39, 0.29) is 24.2 Å². The van der Waals surface area contributed by atoms with Gasteiger partial charge in [-0.25, -0.2) is 9.37 Å². The van der Waals surface area contributed by atoms with Crippen molar-refractivity contribution in [2.75, 3.05) is 18.0 Å². The third-order valence-electron chi connectivity index (χ3n) is 5.51. The summed E-state index contributed by atoms with van der Waals surface area (Å²) in [6.07, 6.45) is 1.55. The maximum Gasteiger partial charge on any atom is 0.223 e. The topological polar surface area (TPSA) is 50.2 Å². The first-order valence-electron chi connectivity index (χ1n) is 9.88. The molecule has 3 aromatic rings. The number of halogens is 1. The summed E-state index contributed by atoms with van der Waals surface area (Å²) in [6, 6.07) is 14.7. The molecule has 1 aliphatic rings. The lowest BCUT2D eigenvalue weighted by Gasteiger charge is -2.32. The number of hydrogen-bond donors (Lipinski definition) is 1. The first-order chi connectivity index (χ1) is 13.7. The van der Waals surface area contributed by atoms with Crippen molar-refractivity contribution in [2.24, 2.45) is 5.92 Å². The van der Waals surface area contributed by atoms with E-state index >= 15 is 0 Å². The first-order valence-corrected chi connectivity index (χ1v) is 9.88. The standard InChI is InChI=1S/C22H25FN4O/c1-2-27-20-10-6-5-9-19(20)25-22(27)26-13-11-16(12-14-26)21(28)24-15-17-7-3-4-8-18(17)23/h3-10,16H,2,11-15H2,1H3,(H,24,28). The van der Waals surface area contributed by atoms with E-state index in [4.69, 9.17) is 4.98 Å². The predicted octanol–water partition coefficient (Wildman–Crippen LogP) is 3.73. The normalized spacial score (nSPS) is 15.1. The van der Waals surface area contributed by atoms with E-state index in [1.807, 2.05) is 18.2 Å². The summed E-state index contributed by atoms with van der Waals surface area (Å²) >= 11 is 0. The monoisotopic (exact) mass is 380 g/mol. The largest absolute Gasteiger partial charge is 0.352 e. The fourth-order valence-electron chi connectivity index (χ4n) is 3.93. The van der Waals surface area contributed by atoms with Crippen LogP contribution in [0.1, 0.15) is 25.3 Å². The van der Waals surface area contributed by atoms with Gasteiger partial charge in [0.05, 0.1) is 11.0 Å². The van der Waals surface area contributed by atoms with Gasteiger partial charge in [-0.1, -0.05) is 30.3 Å². The van der Waals surface area contributed by atoms with Gasteiger partial charge in [0.25, 0.3) is 0 Å². The molecule has 5 nitrogen and oxygen atoms in total. The number of aryl methyl sites for hydroxylation is 1. The molecule has 1 aliphatic heterocycles. The molecular formula is C22H25FN4O. The second kappa shape index (κ2) is 8.00. The Morgan fingerprint density at radius 1 is 1.14 bits per heavy atom. The number of rotatable bonds is 5. The van der Waals surface area contributed by atoms with Gasteiger partial charge in [0.1, 0.15) is 5.82 Å². The van der Waals surface area contributed by atoms with Crippen LogP contribution in [0.2, 0.25) is 0 Å². The molecule has 1 N–H and O–H groups in total. The number of aromatic nitrogens is 2. The lowest BCUT2D eigenvalue weighted by atomic mass is 9.96. The molecule has 4 rings (SSSR count). The lowest BCUT2D eigenvalue weighted by Crippen LogP contribution is -2.41. The van der Waals surface area contributed by atoms with Crippen LogP contribution >= 0.6 is 0 Å². The summed E-state index contributed by atoms with van der Waals surface area (Å²) in [6.45, 7) is 4.80. The molecule has 0 bridgehead atoms. The molecule has 6 heteroatoms. The number of hydrogen-bond acceptors (Lipinski definition) is 3. The number of imidazole rings is 1. The number of benzene rings is 2. The van der Waals surface area contributed by atoms with Crippen molar-refractivity contribution in [2.45, 2.75) is 32.9 Å². The minimum Gasteiger partial charge on any atom is -0.352 e. The minimum absolute atomic E-state index is 0.00639. The average molecular weight is 380 g/mol. The molecule has 2 heterocycles. The average Bonchev–Trinajstić information content (AvgIpc) is 3.11. The highest BCUT2D eigenvalue weighted by molar-refractivity contribution is 5.80. The number of carbonyl (C=O) groups is 1. The van der Waals surface area contributed by atoms with Crippen LogP contribution in [0.25, 0.3) is 11.0 Å². The molecule has 0 atom stereocenters. The Kier molecular flexibility index (Phi) is 5.28. The molecule has 1 amide bonds. The van der Waals surface area contributed by atoms with Gasteiger partial charge in [0, 0.05) is 37.7 Å². The maximum absolute atomic E-state index is 13.7. The Bertz CT molecular complexity index is 976. The highest BCUT2D eigenvalue weighted by Crippen LogP contribution is 2.27. The third kappa shape index (κ3) is 3.59. The summed E-state index contributed by atoms with van der Waals surface area (Å²) < 4.78 is 15.9. The molecule has 0 radical (unpaired) electrons. The summed E-state index contributed by atoms with van der Waals surface area (Å²) in [5.74, 6) is 0.666. The van der Waals surface area contributed by atoms with Gasteiger partial charge >= 0.3 is 0 Å². The SMILES string of the molecule is CCn1c(N2CCC(C(=O)NCc3ccccc3F)CC2)nc2ccccc21. The van der Waals surface area contributed by atoms with Crippen molar-refractivity contribution in [3.63, 3.8) is 0 Å². The van der Waals surface area contributed by atoms with E-state index in [1.54, 1.807) is 18.2 Å². The van der Waals surface area contributed by atoms with Crippen molar-refractivity contribution in [3.05, 3.63) is 59.9 Å². The molecule has 1 aromatic heterocycles. The molecule has 2 aromatic carbocycles. The molecule has 0 unspecified atom stereocenters. The van der Waals surface area contributed by atoms with E-state index in [9.17, 15) is 9.18 Å². The van der Waals surface area contributed by atoms with Gasteiger partial charge in [-0.05, 0) is 38.0 Å². The number of nitrogens with zero attached hydrogens (tertiary/aromatic N) is 3. The fraction of sp³-hybridized carbons (Fsp3) is 0.364. The number of para-hydroxylation sites is 2. The van der Waals surface area contributed by atoms with Gasteiger partial charge in [-0.3, -0.25) is 4.79 Å². The van der Waals surface area contributed by atoms with Crippen molar-refractivity contribution in [1.29, 1.82) is 0 Å². The van der Waals surface area contributed by atoms with Gasteiger partial charge < -0.3 is 14.8 Å². The Hall–Kier alpha value is -2.89. The Morgan fingerprint density at radius 2 is 1.86 bits per heavy atom. The highest BCUT2D eigenvalue weighted by Gasteiger charge is 2.27. The molecule has 0 spiro atoms. The molecule has 146 valence electrons. The van der Waals surface area contributed by atoms with Crippen LogP contribution in [0.3, 0.4) is 0 Å². The third-order valence-corrected chi connectivity index (χ3v) is 5.51. The van der Waals surface area contributed by atoms with Crippen LogP contribution in [0, 0.1) is 11.7 Å². The van der Waals surface area contributed by atoms with Crippen LogP contribution in [0.5, 0.6) is 0 Å². The Labute approximate surface area is 164 Å². The maximum atomic E-state index is 13.7. The molecular weight excluding hydrogens is 355 g/mol. The van der Waals surface area contributed by atoms with Crippen molar-refractivity contribution >= 4 is 22.9 Å². The smallest absolute Gasteiger partial charge is 0.223 e. The van der Waals surface area contributed by atoms with Crippen LogP contribution in [-0.4, -0.2) is 28.5 Å². The van der Waals surface area contributed by atoms with Crippen molar-refractivity contribution in [3.8, 4) is 0 Å². The summed E-state index contributed by atoms with van der Waals surface area (Å²) in [4.78, 5) is 19.6. The second-order valence-electron chi connectivity index (χ2n) is 7.22. The van der Waals surface area contributed by atoms with Crippen LogP contribution < -0.4 is 10.2 Å². The Balaban J connectivity index is 1.38. The van der Waals surface area contributed by atoms with E-state index in [0.29, 0.717) is 5.56 Å². The van der Waals surface area contributed by atoms with Crippen LogP contribution in [0.4, 0.5) is 10.3 Å². The van der Waals surface area contributed by atoms with Gasteiger partial charge in [-0.15, -0.1) is 0 Å². The Morgan fingerprint density at radius 3 is 2.61 bits per heavy atom. The molecule has 1 fully saturated rings. The zero-order chi connectivity index (χ0) is 19.5. The fourth-order valence-corrected chi connectivity index (χ4v) is 3.93. The van der Waals surface area contributed by atoms with Gasteiger partial charge in [0.2, 0.25) is 11.9 Å². The number of nitrogens with one attached hydrogen (secondary N) is 1. The summed E-state index contributed by atoms with van der Waals surface area (Å²) in [7, 11) is 0. The first kappa shape index (κ1) is 18.5. The number of fused-ring (bicyclic) bond motifs is 1. The molecule has 0 saturated carbocycles. The van der Waals surface area contributed by atoms with E-state index in [0.717, 1.165) is 49.5 Å². The van der Waals surface area contributed by atoms with E-state index in [1.165, 1.54) is 6.07 Å². The summed E-state index contributed by atoms with van der Waals surface area (Å²) in [5.41, 5.74) is 2.67. The quantitative estimate of drug-likeness (QED) is 0.734. The van der Waals surface area contributed by atoms with Crippen LogP contribution in [-0.2, 0) is 17.9 Å². The highest BCUT2D eigenvalue weighted by atomic mass is 19.1. The van der Waals surface area contributed by atoms with Gasteiger partial charge in [-0.2, -0.15) is 0 Å². The molecule has 1 saturated heterocycles. The van der Waals surface area contributed by atoms with Gasteiger partial charge in [0.15, 0.2) is 0 Å². The van der Waals surface area contributed by atoms with E-state index < -0.39 is 0 Å². The zero-order valence-corrected chi connectivity index (χ0v) is 16.1. The van der Waals surface area contributed by atoms with E-state index in [2.05, 4.69) is 27.8 Å². The molecule has 0 aliphatic carbocycles.